The van der Waals surface area contributed by atoms with Crippen LogP contribution in [0, 0.1) is 11.8 Å². The smallest absolute Gasteiger partial charge is 0.309 e. The highest BCUT2D eigenvalue weighted by Crippen LogP contribution is 2.54. The van der Waals surface area contributed by atoms with E-state index in [4.69, 9.17) is 9.16 Å². The van der Waals surface area contributed by atoms with Gasteiger partial charge in [0.1, 0.15) is 0 Å². The summed E-state index contributed by atoms with van der Waals surface area (Å²) in [7, 11) is -2.30. The second kappa shape index (κ2) is 9.32. The molecule has 2 aromatic rings. The van der Waals surface area contributed by atoms with Gasteiger partial charge in [-0.3, -0.25) is 9.59 Å². The Bertz CT molecular complexity index is 933. The van der Waals surface area contributed by atoms with Crippen LogP contribution in [0.4, 0.5) is 0 Å². The van der Waals surface area contributed by atoms with Gasteiger partial charge in [-0.15, -0.1) is 0 Å². The number of esters is 1. The third kappa shape index (κ3) is 4.74. The van der Waals surface area contributed by atoms with Crippen molar-refractivity contribution in [2.24, 2.45) is 11.8 Å². The van der Waals surface area contributed by atoms with Gasteiger partial charge in [0.25, 0.3) is 0 Å². The van der Waals surface area contributed by atoms with Gasteiger partial charge in [0.15, 0.2) is 14.1 Å². The normalized spacial score (nSPS) is 23.7. The minimum Gasteiger partial charge on any atom is -0.466 e. The van der Waals surface area contributed by atoms with E-state index >= 15 is 0 Å². The highest BCUT2D eigenvalue weighted by molar-refractivity contribution is 6.74. The molecular formula is C27H36O4Si. The van der Waals surface area contributed by atoms with Crippen molar-refractivity contribution >= 4 is 20.1 Å². The van der Waals surface area contributed by atoms with E-state index in [9.17, 15) is 9.59 Å². The summed E-state index contributed by atoms with van der Waals surface area (Å²) in [6.07, 6.45) is 0.877. The average Bonchev–Trinajstić information content (AvgIpc) is 3.14. The van der Waals surface area contributed by atoms with Gasteiger partial charge in [-0.2, -0.15) is 0 Å². The first-order chi connectivity index (χ1) is 15.0. The molecule has 4 nitrogen and oxygen atoms in total. The molecule has 3 atom stereocenters. The summed E-state index contributed by atoms with van der Waals surface area (Å²) < 4.78 is 12.6. The van der Waals surface area contributed by atoms with Crippen molar-refractivity contribution in [2.45, 2.75) is 64.3 Å². The molecule has 0 N–H and O–H groups in total. The second-order valence-electron chi connectivity index (χ2n) is 10.3. The van der Waals surface area contributed by atoms with Gasteiger partial charge in [-0.05, 0) is 43.5 Å². The van der Waals surface area contributed by atoms with Crippen LogP contribution in [0.15, 0.2) is 60.7 Å². The molecule has 1 aliphatic carbocycles. The van der Waals surface area contributed by atoms with Crippen LogP contribution in [0.1, 0.15) is 56.5 Å². The van der Waals surface area contributed by atoms with E-state index < -0.39 is 19.8 Å². The van der Waals surface area contributed by atoms with Crippen molar-refractivity contribution in [3.8, 4) is 0 Å². The Hall–Kier alpha value is -2.24. The zero-order chi connectivity index (χ0) is 23.6. The van der Waals surface area contributed by atoms with E-state index in [0.29, 0.717) is 25.0 Å². The monoisotopic (exact) mass is 452 g/mol. The Labute approximate surface area is 193 Å². The van der Waals surface area contributed by atoms with Gasteiger partial charge in [0.05, 0.1) is 24.0 Å². The van der Waals surface area contributed by atoms with Crippen LogP contribution in [0.2, 0.25) is 18.1 Å². The Morgan fingerprint density at radius 3 is 2.09 bits per heavy atom. The maximum Gasteiger partial charge on any atom is 0.309 e. The maximum atomic E-state index is 13.9. The van der Waals surface area contributed by atoms with Gasteiger partial charge >= 0.3 is 5.97 Å². The molecular weight excluding hydrogens is 416 g/mol. The summed E-state index contributed by atoms with van der Waals surface area (Å²) in [5, 5.41) is -0.0445. The Kier molecular flexibility index (Phi) is 7.11. The van der Waals surface area contributed by atoms with Crippen molar-refractivity contribution < 1.29 is 18.8 Å². The fourth-order valence-electron chi connectivity index (χ4n) is 4.45. The van der Waals surface area contributed by atoms with E-state index in [2.05, 4.69) is 33.9 Å². The number of carbonyl (C=O) groups excluding carboxylic acids is 2. The number of benzene rings is 2. The van der Waals surface area contributed by atoms with Crippen molar-refractivity contribution in [1.29, 1.82) is 0 Å². The summed E-state index contributed by atoms with van der Waals surface area (Å²) in [4.78, 5) is 26.7. The van der Waals surface area contributed by atoms with Gasteiger partial charge in [0.2, 0.25) is 0 Å². The molecule has 1 saturated carbocycles. The molecule has 1 fully saturated rings. The minimum absolute atomic E-state index is 0.0277. The molecule has 0 aliphatic heterocycles. The molecule has 2 aromatic carbocycles. The van der Waals surface area contributed by atoms with Crippen LogP contribution in [0.3, 0.4) is 0 Å². The van der Waals surface area contributed by atoms with Crippen LogP contribution in [-0.4, -0.2) is 26.7 Å². The molecule has 0 bridgehead atoms. The third-order valence-corrected chi connectivity index (χ3v) is 11.6. The number of ether oxygens (including phenoxy) is 1. The second-order valence-corrected chi connectivity index (χ2v) is 15.0. The first-order valence-electron chi connectivity index (χ1n) is 11.5. The Morgan fingerprint density at radius 1 is 1.00 bits per heavy atom. The quantitative estimate of drug-likeness (QED) is 0.278. The predicted molar refractivity (Wildman–Crippen MR) is 130 cm³/mol. The third-order valence-electron chi connectivity index (χ3n) is 7.13. The molecule has 3 rings (SSSR count). The van der Waals surface area contributed by atoms with Crippen LogP contribution in [0.25, 0.3) is 0 Å². The molecule has 0 radical (unpaired) electrons. The van der Waals surface area contributed by atoms with E-state index in [0.717, 1.165) is 5.56 Å². The van der Waals surface area contributed by atoms with E-state index in [1.54, 1.807) is 0 Å². The largest absolute Gasteiger partial charge is 0.466 e. The van der Waals surface area contributed by atoms with Gasteiger partial charge in [-0.1, -0.05) is 81.4 Å². The molecule has 172 valence electrons. The summed E-state index contributed by atoms with van der Waals surface area (Å²) in [6, 6.07) is 19.4. The lowest BCUT2D eigenvalue weighted by Crippen LogP contribution is -2.51. The first-order valence-corrected chi connectivity index (χ1v) is 14.4. The van der Waals surface area contributed by atoms with Gasteiger partial charge < -0.3 is 9.16 Å². The van der Waals surface area contributed by atoms with E-state index in [1.165, 1.54) is 0 Å². The van der Waals surface area contributed by atoms with Gasteiger partial charge in [-0.25, -0.2) is 0 Å². The van der Waals surface area contributed by atoms with Crippen LogP contribution < -0.4 is 0 Å². The molecule has 0 aromatic heterocycles. The topological polar surface area (TPSA) is 52.6 Å². The minimum atomic E-state index is -2.30. The number of rotatable bonds is 7. The summed E-state index contributed by atoms with van der Waals surface area (Å²) in [6.45, 7) is 13.2. The lowest BCUT2D eigenvalue weighted by molar-refractivity contribution is -0.148. The molecule has 5 heteroatoms. The summed E-state index contributed by atoms with van der Waals surface area (Å²) in [5.41, 5.74) is 0.751. The zero-order valence-corrected chi connectivity index (χ0v) is 21.2. The lowest BCUT2D eigenvalue weighted by atomic mass is 9.80. The highest BCUT2D eigenvalue weighted by Gasteiger charge is 2.58. The SMILES string of the molecule is CCOC(=O)[C@H]1C[C@@H](C(=O)c2ccccc2)[C@@](O[Si](C)(C)C(C)(C)C)(c2ccccc2)C1. The van der Waals surface area contributed by atoms with E-state index in [1.807, 2.05) is 67.6 Å². The first kappa shape index (κ1) is 24.4. The Morgan fingerprint density at radius 2 is 1.56 bits per heavy atom. The van der Waals surface area contributed by atoms with Crippen LogP contribution in [0.5, 0.6) is 0 Å². The van der Waals surface area contributed by atoms with Crippen LogP contribution in [-0.2, 0) is 19.6 Å². The van der Waals surface area contributed by atoms with Crippen molar-refractivity contribution in [3.63, 3.8) is 0 Å². The molecule has 0 unspecified atom stereocenters. The Balaban J connectivity index is 2.17. The fourth-order valence-corrected chi connectivity index (χ4v) is 6.01. The standard InChI is InChI=1S/C27H36O4Si/c1-7-30-25(29)21-18-23(24(28)20-14-10-8-11-15-20)27(19-21,22-16-12-9-13-17-22)31-32(5,6)26(2,3)4/h8-17,21,23H,7,18-19H2,1-6H3/t21-,23-,27-/m0/s1. The lowest BCUT2D eigenvalue weighted by Gasteiger charge is -2.47. The van der Waals surface area contributed by atoms with Crippen molar-refractivity contribution in [3.05, 3.63) is 71.8 Å². The van der Waals surface area contributed by atoms with E-state index in [-0.39, 0.29) is 22.7 Å². The highest BCUT2D eigenvalue weighted by atomic mass is 28.4. The number of Topliss-reactive ketones (excluding diaryl/α,β-unsaturated/α-hetero) is 1. The predicted octanol–water partition coefficient (Wildman–Crippen LogP) is 6.38. The summed E-state index contributed by atoms with van der Waals surface area (Å²) >= 11 is 0. The average molecular weight is 453 g/mol. The molecule has 0 amide bonds. The molecule has 1 aliphatic rings. The fraction of sp³-hybridized carbons (Fsp3) is 0.481. The summed E-state index contributed by atoms with van der Waals surface area (Å²) in [5.74, 6) is -1.05. The molecule has 0 heterocycles. The van der Waals surface area contributed by atoms with Crippen molar-refractivity contribution in [2.75, 3.05) is 6.61 Å². The maximum absolute atomic E-state index is 13.9. The zero-order valence-electron chi connectivity index (χ0n) is 20.2. The molecule has 0 saturated heterocycles. The number of hydrogen-bond donors (Lipinski definition) is 0. The number of ketones is 1. The van der Waals surface area contributed by atoms with Crippen LogP contribution >= 0.6 is 0 Å². The molecule has 32 heavy (non-hydrogen) atoms. The van der Waals surface area contributed by atoms with Crippen molar-refractivity contribution in [1.82, 2.24) is 0 Å². The number of hydrogen-bond acceptors (Lipinski definition) is 4. The number of carbonyl (C=O) groups is 2. The molecule has 0 spiro atoms. The van der Waals surface area contributed by atoms with Gasteiger partial charge in [0, 0.05) is 5.56 Å².